The molecule has 1 aliphatic rings. The molecule has 1 fully saturated rings. The monoisotopic (exact) mass is 385 g/mol. The van der Waals surface area contributed by atoms with E-state index in [2.05, 4.69) is 19.9 Å². The van der Waals surface area contributed by atoms with Crippen LogP contribution in [0.4, 0.5) is 5.13 Å². The SMILES string of the molecule is Cc1cc(CN2CCN(CC(=O)N(C)c3nc4ccccc4s3)CC2)no1. The Labute approximate surface area is 162 Å². The second kappa shape index (κ2) is 7.75. The number of para-hydroxylation sites is 1. The summed E-state index contributed by atoms with van der Waals surface area (Å²) in [5.74, 6) is 0.918. The molecule has 0 N–H and O–H groups in total. The minimum atomic E-state index is 0.0784. The van der Waals surface area contributed by atoms with Gasteiger partial charge in [0.1, 0.15) is 5.76 Å². The first-order chi connectivity index (χ1) is 13.1. The average Bonchev–Trinajstić information content (AvgIpc) is 3.28. The van der Waals surface area contributed by atoms with Crippen LogP contribution in [0.3, 0.4) is 0 Å². The molecule has 27 heavy (non-hydrogen) atoms. The molecule has 7 nitrogen and oxygen atoms in total. The van der Waals surface area contributed by atoms with Crippen molar-refractivity contribution in [2.24, 2.45) is 0 Å². The van der Waals surface area contributed by atoms with Gasteiger partial charge in [-0.25, -0.2) is 4.98 Å². The third kappa shape index (κ3) is 4.18. The van der Waals surface area contributed by atoms with Gasteiger partial charge in [-0.3, -0.25) is 19.5 Å². The van der Waals surface area contributed by atoms with E-state index < -0.39 is 0 Å². The van der Waals surface area contributed by atoms with Crippen molar-refractivity contribution in [3.05, 3.63) is 41.8 Å². The second-order valence-electron chi connectivity index (χ2n) is 6.90. The first-order valence-electron chi connectivity index (χ1n) is 9.07. The summed E-state index contributed by atoms with van der Waals surface area (Å²) in [6.07, 6.45) is 0. The molecule has 0 spiro atoms. The van der Waals surface area contributed by atoms with Crippen molar-refractivity contribution in [3.63, 3.8) is 0 Å². The Hall–Kier alpha value is -2.29. The van der Waals surface area contributed by atoms with Gasteiger partial charge in [0.25, 0.3) is 0 Å². The normalized spacial score (nSPS) is 16.1. The van der Waals surface area contributed by atoms with Gasteiger partial charge in [-0.05, 0) is 19.1 Å². The van der Waals surface area contributed by atoms with Crippen LogP contribution in [-0.4, -0.2) is 65.6 Å². The lowest BCUT2D eigenvalue weighted by molar-refractivity contribution is -0.119. The fourth-order valence-corrected chi connectivity index (χ4v) is 4.18. The van der Waals surface area contributed by atoms with Gasteiger partial charge in [-0.1, -0.05) is 28.6 Å². The summed E-state index contributed by atoms with van der Waals surface area (Å²) in [5.41, 5.74) is 1.90. The Bertz CT molecular complexity index is 896. The number of benzene rings is 1. The highest BCUT2D eigenvalue weighted by atomic mass is 32.1. The fourth-order valence-electron chi connectivity index (χ4n) is 3.23. The summed E-state index contributed by atoms with van der Waals surface area (Å²) in [7, 11) is 1.81. The van der Waals surface area contributed by atoms with Crippen molar-refractivity contribution in [1.29, 1.82) is 0 Å². The summed E-state index contributed by atoms with van der Waals surface area (Å²) >= 11 is 1.55. The van der Waals surface area contributed by atoms with Crippen LogP contribution >= 0.6 is 11.3 Å². The molecule has 0 unspecified atom stereocenters. The van der Waals surface area contributed by atoms with Crippen molar-refractivity contribution < 1.29 is 9.32 Å². The molecule has 8 heteroatoms. The van der Waals surface area contributed by atoms with Gasteiger partial charge in [0.2, 0.25) is 5.91 Å². The molecule has 3 heterocycles. The van der Waals surface area contributed by atoms with Gasteiger partial charge in [0.05, 0.1) is 22.5 Å². The molecule has 0 bridgehead atoms. The third-order valence-corrected chi connectivity index (χ3v) is 5.94. The van der Waals surface area contributed by atoms with E-state index in [1.54, 1.807) is 16.2 Å². The van der Waals surface area contributed by atoms with Crippen molar-refractivity contribution in [3.8, 4) is 0 Å². The number of thiazole rings is 1. The number of aryl methyl sites for hydroxylation is 1. The summed E-state index contributed by atoms with van der Waals surface area (Å²) in [6, 6.07) is 9.94. The van der Waals surface area contributed by atoms with Crippen LogP contribution in [0.2, 0.25) is 0 Å². The standard InChI is InChI=1S/C19H23N5O2S/c1-14-11-15(21-26-14)12-23-7-9-24(10-8-23)13-18(25)22(2)19-20-16-5-3-4-6-17(16)27-19/h3-6,11H,7-10,12-13H2,1-2H3. The minimum absolute atomic E-state index is 0.0784. The molecule has 3 aromatic rings. The smallest absolute Gasteiger partial charge is 0.242 e. The Balaban J connectivity index is 1.29. The zero-order valence-electron chi connectivity index (χ0n) is 15.6. The molecule has 142 valence electrons. The zero-order chi connectivity index (χ0) is 18.8. The van der Waals surface area contributed by atoms with Crippen LogP contribution in [0.5, 0.6) is 0 Å². The van der Waals surface area contributed by atoms with Gasteiger partial charge < -0.3 is 4.52 Å². The number of rotatable bonds is 5. The summed E-state index contributed by atoms with van der Waals surface area (Å²) in [5, 5.41) is 4.81. The number of carbonyl (C=O) groups excluding carboxylic acids is 1. The molecule has 1 amide bonds. The fraction of sp³-hybridized carbons (Fsp3) is 0.421. The molecule has 0 aliphatic carbocycles. The van der Waals surface area contributed by atoms with Crippen LogP contribution in [0.25, 0.3) is 10.2 Å². The number of piperazine rings is 1. The maximum absolute atomic E-state index is 12.7. The lowest BCUT2D eigenvalue weighted by atomic mass is 10.2. The highest BCUT2D eigenvalue weighted by molar-refractivity contribution is 7.22. The van der Waals surface area contributed by atoms with Crippen LogP contribution < -0.4 is 4.90 Å². The number of nitrogens with zero attached hydrogens (tertiary/aromatic N) is 5. The third-order valence-electron chi connectivity index (χ3n) is 4.83. The van der Waals surface area contributed by atoms with Crippen molar-refractivity contribution >= 4 is 32.6 Å². The number of hydrogen-bond donors (Lipinski definition) is 0. The average molecular weight is 385 g/mol. The van der Waals surface area contributed by atoms with Gasteiger partial charge in [-0.2, -0.15) is 0 Å². The number of aromatic nitrogens is 2. The van der Waals surface area contributed by atoms with Gasteiger partial charge in [0, 0.05) is 45.8 Å². The number of fused-ring (bicyclic) bond motifs is 1. The molecule has 1 aliphatic heterocycles. The first kappa shape index (κ1) is 18.1. The van der Waals surface area contributed by atoms with Crippen molar-refractivity contribution in [1.82, 2.24) is 19.9 Å². The Morgan fingerprint density at radius 2 is 1.96 bits per heavy atom. The van der Waals surface area contributed by atoms with E-state index in [1.165, 1.54) is 0 Å². The molecule has 4 rings (SSSR count). The number of anilines is 1. The van der Waals surface area contributed by atoms with Gasteiger partial charge in [0.15, 0.2) is 5.13 Å². The molecule has 2 aromatic heterocycles. The molecule has 1 aromatic carbocycles. The first-order valence-corrected chi connectivity index (χ1v) is 9.89. The van der Waals surface area contributed by atoms with E-state index in [0.29, 0.717) is 6.54 Å². The van der Waals surface area contributed by atoms with E-state index >= 15 is 0 Å². The van der Waals surface area contributed by atoms with Crippen LogP contribution in [-0.2, 0) is 11.3 Å². The lowest BCUT2D eigenvalue weighted by Gasteiger charge is -2.34. The van der Waals surface area contributed by atoms with Crippen LogP contribution in [0.1, 0.15) is 11.5 Å². The maximum atomic E-state index is 12.7. The second-order valence-corrected chi connectivity index (χ2v) is 7.91. The minimum Gasteiger partial charge on any atom is -0.361 e. The Morgan fingerprint density at radius 1 is 1.22 bits per heavy atom. The van der Waals surface area contributed by atoms with Crippen molar-refractivity contribution in [2.45, 2.75) is 13.5 Å². The van der Waals surface area contributed by atoms with E-state index in [9.17, 15) is 4.79 Å². The van der Waals surface area contributed by atoms with Crippen LogP contribution in [0, 0.1) is 6.92 Å². The number of carbonyl (C=O) groups is 1. The highest BCUT2D eigenvalue weighted by Gasteiger charge is 2.22. The summed E-state index contributed by atoms with van der Waals surface area (Å²) in [4.78, 5) is 23.5. The zero-order valence-corrected chi connectivity index (χ0v) is 16.4. The summed E-state index contributed by atoms with van der Waals surface area (Å²) < 4.78 is 6.23. The Morgan fingerprint density at radius 3 is 2.67 bits per heavy atom. The molecular weight excluding hydrogens is 362 g/mol. The van der Waals surface area contributed by atoms with Gasteiger partial charge in [-0.15, -0.1) is 0 Å². The van der Waals surface area contributed by atoms with Crippen LogP contribution in [0.15, 0.2) is 34.9 Å². The van der Waals surface area contributed by atoms with Gasteiger partial charge >= 0.3 is 0 Å². The maximum Gasteiger partial charge on any atom is 0.242 e. The van der Waals surface area contributed by atoms with Crippen molar-refractivity contribution in [2.75, 3.05) is 44.7 Å². The number of amides is 1. The predicted octanol–water partition coefficient (Wildman–Crippen LogP) is 2.37. The molecule has 0 radical (unpaired) electrons. The topological polar surface area (TPSA) is 65.7 Å². The van der Waals surface area contributed by atoms with E-state index in [0.717, 1.165) is 59.5 Å². The lowest BCUT2D eigenvalue weighted by Crippen LogP contribution is -2.49. The number of hydrogen-bond acceptors (Lipinski definition) is 7. The Kier molecular flexibility index (Phi) is 5.20. The number of likely N-dealkylation sites (N-methyl/N-ethyl adjacent to an activating group) is 1. The quantitative estimate of drug-likeness (QED) is 0.672. The van der Waals surface area contributed by atoms with E-state index in [1.807, 2.05) is 44.3 Å². The largest absolute Gasteiger partial charge is 0.361 e. The molecular formula is C19H23N5O2S. The molecule has 1 saturated heterocycles. The molecule has 0 atom stereocenters. The highest BCUT2D eigenvalue weighted by Crippen LogP contribution is 2.27. The van der Waals surface area contributed by atoms with E-state index in [-0.39, 0.29) is 5.91 Å². The van der Waals surface area contributed by atoms with E-state index in [4.69, 9.17) is 4.52 Å². The molecule has 0 saturated carbocycles. The predicted molar refractivity (Wildman–Crippen MR) is 106 cm³/mol. The summed E-state index contributed by atoms with van der Waals surface area (Å²) in [6.45, 7) is 6.71.